The molecule has 0 aliphatic heterocycles. The zero-order chi connectivity index (χ0) is 12.3. The third kappa shape index (κ3) is 2.73. The second kappa shape index (κ2) is 4.84. The molecule has 6 heteroatoms. The number of benzene rings is 1. The highest BCUT2D eigenvalue weighted by Crippen LogP contribution is 2.19. The van der Waals surface area contributed by atoms with Crippen molar-refractivity contribution >= 4 is 22.8 Å². The van der Waals surface area contributed by atoms with E-state index in [-0.39, 0.29) is 19.2 Å². The molecule has 0 bridgehead atoms. The lowest BCUT2D eigenvalue weighted by molar-refractivity contribution is 0.245. The first-order valence-corrected chi connectivity index (χ1v) is 5.22. The molecule has 0 saturated heterocycles. The van der Waals surface area contributed by atoms with E-state index in [9.17, 15) is 4.79 Å². The van der Waals surface area contributed by atoms with Crippen LogP contribution in [0, 0.1) is 6.92 Å². The van der Waals surface area contributed by atoms with Gasteiger partial charge in [-0.25, -0.2) is 9.78 Å². The fraction of sp³-hybridized carbons (Fsp3) is 0.273. The normalized spacial score (nSPS) is 10.5. The molecule has 0 aliphatic rings. The lowest BCUT2D eigenvalue weighted by Crippen LogP contribution is -2.30. The molecule has 90 valence electrons. The van der Waals surface area contributed by atoms with Crippen LogP contribution < -0.4 is 10.6 Å². The molecule has 1 aromatic carbocycles. The zero-order valence-corrected chi connectivity index (χ0v) is 9.36. The van der Waals surface area contributed by atoms with Gasteiger partial charge in [-0.05, 0) is 18.2 Å². The fourth-order valence-corrected chi connectivity index (χ4v) is 1.47. The minimum absolute atomic E-state index is 0.0884. The Hall–Kier alpha value is -2.08. The predicted octanol–water partition coefficient (Wildman–Crippen LogP) is 1.25. The Balaban J connectivity index is 2.10. The van der Waals surface area contributed by atoms with Crippen molar-refractivity contribution in [3.63, 3.8) is 0 Å². The quantitative estimate of drug-likeness (QED) is 0.747. The van der Waals surface area contributed by atoms with Gasteiger partial charge in [-0.3, -0.25) is 0 Å². The maximum absolute atomic E-state index is 11.3. The van der Waals surface area contributed by atoms with Crippen molar-refractivity contribution in [3.8, 4) is 0 Å². The number of carbonyl (C=O) groups excluding carboxylic acids is 1. The number of aromatic nitrogens is 1. The largest absolute Gasteiger partial charge is 0.441 e. The Kier molecular flexibility index (Phi) is 3.24. The zero-order valence-electron chi connectivity index (χ0n) is 9.36. The Morgan fingerprint density at radius 1 is 1.53 bits per heavy atom. The first kappa shape index (κ1) is 11.4. The van der Waals surface area contributed by atoms with Gasteiger partial charge >= 0.3 is 6.03 Å². The summed E-state index contributed by atoms with van der Waals surface area (Å²) in [5.41, 5.74) is 2.01. The van der Waals surface area contributed by atoms with E-state index in [0.717, 1.165) is 0 Å². The molecule has 2 aromatic rings. The number of amides is 2. The number of anilines is 1. The maximum Gasteiger partial charge on any atom is 0.319 e. The van der Waals surface area contributed by atoms with Crippen LogP contribution in [0.5, 0.6) is 0 Å². The van der Waals surface area contributed by atoms with Crippen molar-refractivity contribution < 1.29 is 14.3 Å². The van der Waals surface area contributed by atoms with Crippen molar-refractivity contribution in [1.29, 1.82) is 0 Å². The molecular formula is C11H13N3O3. The first-order valence-electron chi connectivity index (χ1n) is 5.22. The van der Waals surface area contributed by atoms with E-state index in [1.54, 1.807) is 25.1 Å². The number of hydrogen-bond donors (Lipinski definition) is 3. The predicted molar refractivity (Wildman–Crippen MR) is 62.9 cm³/mol. The van der Waals surface area contributed by atoms with Crippen molar-refractivity contribution in [2.45, 2.75) is 6.92 Å². The number of rotatable bonds is 3. The van der Waals surface area contributed by atoms with Crippen molar-refractivity contribution in [1.82, 2.24) is 10.3 Å². The smallest absolute Gasteiger partial charge is 0.319 e. The van der Waals surface area contributed by atoms with Gasteiger partial charge in [0.15, 0.2) is 11.5 Å². The third-order valence-electron chi connectivity index (χ3n) is 2.15. The SMILES string of the molecule is Cc1nc2cc(NC(=O)NCCO)ccc2o1. The number of urea groups is 1. The van der Waals surface area contributed by atoms with Crippen molar-refractivity contribution in [2.24, 2.45) is 0 Å². The standard InChI is InChI=1S/C11H13N3O3/c1-7-13-9-6-8(2-3-10(9)17-7)14-11(16)12-4-5-15/h2-3,6,15H,4-5H2,1H3,(H2,12,14,16). The van der Waals surface area contributed by atoms with Crippen LogP contribution in [0.4, 0.5) is 10.5 Å². The maximum atomic E-state index is 11.3. The molecule has 0 spiro atoms. The minimum Gasteiger partial charge on any atom is -0.441 e. The van der Waals surface area contributed by atoms with E-state index in [4.69, 9.17) is 9.52 Å². The number of oxazole rings is 1. The molecule has 2 amide bonds. The van der Waals surface area contributed by atoms with Gasteiger partial charge in [0.2, 0.25) is 0 Å². The summed E-state index contributed by atoms with van der Waals surface area (Å²) in [6, 6.07) is 4.84. The number of aliphatic hydroxyl groups is 1. The van der Waals surface area contributed by atoms with Gasteiger partial charge < -0.3 is 20.2 Å². The number of aliphatic hydroxyl groups excluding tert-OH is 1. The van der Waals surface area contributed by atoms with E-state index >= 15 is 0 Å². The van der Waals surface area contributed by atoms with Crippen LogP contribution in [0.2, 0.25) is 0 Å². The molecule has 3 N–H and O–H groups in total. The molecule has 2 rings (SSSR count). The Labute approximate surface area is 97.6 Å². The molecule has 1 heterocycles. The number of nitrogens with zero attached hydrogens (tertiary/aromatic N) is 1. The van der Waals surface area contributed by atoms with E-state index in [2.05, 4.69) is 15.6 Å². The number of carbonyl (C=O) groups is 1. The number of fused-ring (bicyclic) bond motifs is 1. The molecular weight excluding hydrogens is 222 g/mol. The van der Waals surface area contributed by atoms with Crippen LogP contribution in [-0.4, -0.2) is 29.3 Å². The van der Waals surface area contributed by atoms with Crippen molar-refractivity contribution in [2.75, 3.05) is 18.5 Å². The van der Waals surface area contributed by atoms with Gasteiger partial charge in [-0.2, -0.15) is 0 Å². The average Bonchev–Trinajstić information content (AvgIpc) is 2.65. The summed E-state index contributed by atoms with van der Waals surface area (Å²) in [4.78, 5) is 15.5. The van der Waals surface area contributed by atoms with Crippen LogP contribution in [0.25, 0.3) is 11.1 Å². The molecule has 0 saturated carbocycles. The van der Waals surface area contributed by atoms with Crippen molar-refractivity contribution in [3.05, 3.63) is 24.1 Å². The topological polar surface area (TPSA) is 87.4 Å². The first-order chi connectivity index (χ1) is 8.19. The van der Waals surface area contributed by atoms with Gasteiger partial charge in [0, 0.05) is 19.2 Å². The van der Waals surface area contributed by atoms with Crippen LogP contribution in [0.15, 0.2) is 22.6 Å². The number of aryl methyl sites for hydroxylation is 1. The van der Waals surface area contributed by atoms with Crippen LogP contribution in [0.1, 0.15) is 5.89 Å². The highest BCUT2D eigenvalue weighted by Gasteiger charge is 2.05. The summed E-state index contributed by atoms with van der Waals surface area (Å²) >= 11 is 0. The number of nitrogens with one attached hydrogen (secondary N) is 2. The van der Waals surface area contributed by atoms with Gasteiger partial charge in [0.05, 0.1) is 6.61 Å². The molecule has 0 radical (unpaired) electrons. The average molecular weight is 235 g/mol. The molecule has 6 nitrogen and oxygen atoms in total. The van der Waals surface area contributed by atoms with Gasteiger partial charge in [-0.15, -0.1) is 0 Å². The monoisotopic (exact) mass is 235 g/mol. The Morgan fingerprint density at radius 3 is 3.12 bits per heavy atom. The van der Waals surface area contributed by atoms with E-state index in [0.29, 0.717) is 22.7 Å². The summed E-state index contributed by atoms with van der Waals surface area (Å²) in [5.74, 6) is 0.585. The molecule has 1 aromatic heterocycles. The molecule has 0 fully saturated rings. The van der Waals surface area contributed by atoms with Gasteiger partial charge in [-0.1, -0.05) is 0 Å². The number of hydrogen-bond acceptors (Lipinski definition) is 4. The molecule has 0 atom stereocenters. The Morgan fingerprint density at radius 2 is 2.35 bits per heavy atom. The Bertz CT molecular complexity index is 536. The third-order valence-corrected chi connectivity index (χ3v) is 2.15. The summed E-state index contributed by atoms with van der Waals surface area (Å²) in [6.07, 6.45) is 0. The highest BCUT2D eigenvalue weighted by atomic mass is 16.3. The van der Waals surface area contributed by atoms with E-state index in [1.165, 1.54) is 0 Å². The summed E-state index contributed by atoms with van der Waals surface area (Å²) < 4.78 is 5.32. The fourth-order valence-electron chi connectivity index (χ4n) is 1.47. The van der Waals surface area contributed by atoms with Crippen LogP contribution in [0.3, 0.4) is 0 Å². The summed E-state index contributed by atoms with van der Waals surface area (Å²) in [5, 5.41) is 13.7. The second-order valence-electron chi connectivity index (χ2n) is 3.52. The lowest BCUT2D eigenvalue weighted by atomic mass is 10.3. The summed E-state index contributed by atoms with van der Waals surface area (Å²) in [6.45, 7) is 1.90. The lowest BCUT2D eigenvalue weighted by Gasteiger charge is -2.05. The molecule has 0 unspecified atom stereocenters. The van der Waals surface area contributed by atoms with Crippen LogP contribution in [-0.2, 0) is 0 Å². The second-order valence-corrected chi connectivity index (χ2v) is 3.52. The minimum atomic E-state index is -0.362. The molecule has 17 heavy (non-hydrogen) atoms. The molecule has 0 aliphatic carbocycles. The summed E-state index contributed by atoms with van der Waals surface area (Å²) in [7, 11) is 0. The van der Waals surface area contributed by atoms with Gasteiger partial charge in [0.1, 0.15) is 5.52 Å². The van der Waals surface area contributed by atoms with E-state index in [1.807, 2.05) is 0 Å². The van der Waals surface area contributed by atoms with Gasteiger partial charge in [0.25, 0.3) is 0 Å². The van der Waals surface area contributed by atoms with Crippen LogP contribution >= 0.6 is 0 Å². The van der Waals surface area contributed by atoms with E-state index < -0.39 is 0 Å². The highest BCUT2D eigenvalue weighted by molar-refractivity contribution is 5.91.